The lowest BCUT2D eigenvalue weighted by Crippen LogP contribution is -2.44. The van der Waals surface area contributed by atoms with Crippen LogP contribution in [0.4, 0.5) is 0 Å². The van der Waals surface area contributed by atoms with E-state index in [9.17, 15) is 14.7 Å². The highest BCUT2D eigenvalue weighted by Gasteiger charge is 2.50. The lowest BCUT2D eigenvalue weighted by atomic mass is 9.96. The summed E-state index contributed by atoms with van der Waals surface area (Å²) in [5, 5.41) is 9.34. The summed E-state index contributed by atoms with van der Waals surface area (Å²) in [5.74, 6) is -1.43. The first kappa shape index (κ1) is 14.1. The van der Waals surface area contributed by atoms with Crippen LogP contribution in [0.2, 0.25) is 0 Å². The molecular formula is C13H16BrNO4. The Kier molecular flexibility index (Phi) is 3.47. The van der Waals surface area contributed by atoms with E-state index in [-0.39, 0.29) is 12.3 Å². The summed E-state index contributed by atoms with van der Waals surface area (Å²) in [6.45, 7) is 5.66. The molecule has 6 heteroatoms. The number of nitrogens with zero attached hydrogens (tertiary/aromatic N) is 1. The quantitative estimate of drug-likeness (QED) is 0.905. The van der Waals surface area contributed by atoms with Crippen molar-refractivity contribution in [2.45, 2.75) is 38.8 Å². The molecule has 2 heterocycles. The highest BCUT2D eigenvalue weighted by molar-refractivity contribution is 9.10. The lowest BCUT2D eigenvalue weighted by molar-refractivity contribution is -0.143. The second-order valence-corrected chi connectivity index (χ2v) is 6.52. The third-order valence-electron chi connectivity index (χ3n) is 3.28. The first-order chi connectivity index (χ1) is 8.73. The summed E-state index contributed by atoms with van der Waals surface area (Å²) in [7, 11) is 0. The molecule has 5 nitrogen and oxygen atoms in total. The van der Waals surface area contributed by atoms with Gasteiger partial charge >= 0.3 is 5.97 Å². The van der Waals surface area contributed by atoms with Crippen LogP contribution in [0.3, 0.4) is 0 Å². The number of hydrogen-bond donors (Lipinski definition) is 1. The molecule has 1 aliphatic heterocycles. The molecule has 1 saturated heterocycles. The fraction of sp³-hybridized carbons (Fsp3) is 0.538. The molecule has 1 aliphatic rings. The van der Waals surface area contributed by atoms with E-state index in [1.165, 1.54) is 6.26 Å². The molecule has 1 amide bonds. The van der Waals surface area contributed by atoms with Crippen LogP contribution in [0.15, 0.2) is 21.2 Å². The summed E-state index contributed by atoms with van der Waals surface area (Å²) in [6.07, 6.45) is 1.49. The van der Waals surface area contributed by atoms with E-state index in [1.54, 1.807) is 11.0 Å². The van der Waals surface area contributed by atoms with Crippen LogP contribution in [-0.2, 0) is 9.59 Å². The van der Waals surface area contributed by atoms with Crippen molar-refractivity contribution in [3.05, 3.63) is 22.6 Å². The Labute approximate surface area is 119 Å². The van der Waals surface area contributed by atoms with Crippen molar-refractivity contribution in [3.8, 4) is 0 Å². The van der Waals surface area contributed by atoms with Crippen LogP contribution in [0, 0.1) is 5.92 Å². The van der Waals surface area contributed by atoms with E-state index in [1.807, 2.05) is 20.8 Å². The van der Waals surface area contributed by atoms with Crippen molar-refractivity contribution < 1.29 is 19.1 Å². The number of carboxylic acids is 1. The predicted molar refractivity (Wildman–Crippen MR) is 71.5 cm³/mol. The topological polar surface area (TPSA) is 70.8 Å². The summed E-state index contributed by atoms with van der Waals surface area (Å²) < 4.78 is 6.09. The molecule has 1 fully saturated rings. The van der Waals surface area contributed by atoms with E-state index in [4.69, 9.17) is 4.42 Å². The van der Waals surface area contributed by atoms with Crippen LogP contribution in [-0.4, -0.2) is 27.4 Å². The maximum Gasteiger partial charge on any atom is 0.309 e. The van der Waals surface area contributed by atoms with Gasteiger partial charge in [-0.3, -0.25) is 9.59 Å². The Morgan fingerprint density at radius 3 is 2.58 bits per heavy atom. The van der Waals surface area contributed by atoms with Crippen LogP contribution < -0.4 is 0 Å². The highest BCUT2D eigenvalue weighted by atomic mass is 79.9. The van der Waals surface area contributed by atoms with Gasteiger partial charge in [0.1, 0.15) is 11.8 Å². The average molecular weight is 330 g/mol. The van der Waals surface area contributed by atoms with E-state index in [0.29, 0.717) is 10.2 Å². The fourth-order valence-corrected chi connectivity index (χ4v) is 3.00. The molecule has 2 rings (SSSR count). The lowest BCUT2D eigenvalue weighted by Gasteiger charge is -2.37. The normalized spacial score (nSPS) is 24.0. The number of likely N-dealkylation sites (tertiary alicyclic amines) is 1. The number of amides is 1. The molecule has 0 spiro atoms. The number of carboxylic acid groups (broad SMARTS) is 1. The number of hydrogen-bond acceptors (Lipinski definition) is 3. The highest BCUT2D eigenvalue weighted by Crippen LogP contribution is 2.44. The SMILES string of the molecule is CC(C)(C)N1C(=O)CC(C(=O)O)C1c1occc1Br. The van der Waals surface area contributed by atoms with E-state index >= 15 is 0 Å². The maximum atomic E-state index is 12.2. The average Bonchev–Trinajstić information content (AvgIpc) is 2.80. The molecule has 0 radical (unpaired) electrons. The molecule has 0 aliphatic carbocycles. The predicted octanol–water partition coefficient (Wildman–Crippen LogP) is 2.81. The minimum Gasteiger partial charge on any atom is -0.481 e. The van der Waals surface area contributed by atoms with Crippen molar-refractivity contribution in [1.82, 2.24) is 4.90 Å². The molecular weight excluding hydrogens is 314 g/mol. The first-order valence-electron chi connectivity index (χ1n) is 6.01. The van der Waals surface area contributed by atoms with Crippen molar-refractivity contribution in [2.75, 3.05) is 0 Å². The van der Waals surface area contributed by atoms with E-state index in [2.05, 4.69) is 15.9 Å². The summed E-state index contributed by atoms with van der Waals surface area (Å²) in [6, 6.07) is 1.13. The first-order valence-corrected chi connectivity index (χ1v) is 6.80. The molecule has 2 unspecified atom stereocenters. The zero-order chi connectivity index (χ0) is 14.4. The van der Waals surface area contributed by atoms with Crippen molar-refractivity contribution >= 4 is 27.8 Å². The summed E-state index contributed by atoms with van der Waals surface area (Å²) in [4.78, 5) is 25.2. The number of carbonyl (C=O) groups is 2. The van der Waals surface area contributed by atoms with Crippen LogP contribution in [0.5, 0.6) is 0 Å². The Hall–Kier alpha value is -1.30. The smallest absolute Gasteiger partial charge is 0.309 e. The van der Waals surface area contributed by atoms with E-state index < -0.39 is 23.5 Å². The van der Waals surface area contributed by atoms with E-state index in [0.717, 1.165) is 0 Å². The monoisotopic (exact) mass is 329 g/mol. The Bertz CT molecular complexity index is 517. The van der Waals surface area contributed by atoms with Gasteiger partial charge in [0.25, 0.3) is 0 Å². The molecule has 1 aromatic rings. The summed E-state index contributed by atoms with van der Waals surface area (Å²) in [5.41, 5.74) is -0.460. The molecule has 0 saturated carbocycles. The zero-order valence-corrected chi connectivity index (χ0v) is 12.6. The summed E-state index contributed by atoms with van der Waals surface area (Å²) >= 11 is 3.34. The van der Waals surface area contributed by atoms with Gasteiger partial charge in [-0.2, -0.15) is 0 Å². The Morgan fingerprint density at radius 1 is 1.53 bits per heavy atom. The second kappa shape index (κ2) is 4.67. The second-order valence-electron chi connectivity index (χ2n) is 5.66. The van der Waals surface area contributed by atoms with Gasteiger partial charge in [0, 0.05) is 12.0 Å². The number of carbonyl (C=O) groups excluding carboxylic acids is 1. The van der Waals surface area contributed by atoms with Crippen LogP contribution in [0.1, 0.15) is 39.0 Å². The van der Waals surface area contributed by atoms with Gasteiger partial charge in [-0.1, -0.05) is 0 Å². The van der Waals surface area contributed by atoms with Crippen LogP contribution >= 0.6 is 15.9 Å². The molecule has 1 aromatic heterocycles. The van der Waals surface area contributed by atoms with Gasteiger partial charge < -0.3 is 14.4 Å². The van der Waals surface area contributed by atoms with Gasteiger partial charge in [-0.25, -0.2) is 0 Å². The Morgan fingerprint density at radius 2 is 2.16 bits per heavy atom. The van der Waals surface area contributed by atoms with Gasteiger partial charge in [-0.05, 0) is 42.8 Å². The van der Waals surface area contributed by atoms with Gasteiger partial charge in [0.05, 0.1) is 16.7 Å². The molecule has 1 N–H and O–H groups in total. The number of halogens is 1. The fourth-order valence-electron chi connectivity index (χ4n) is 2.56. The third-order valence-corrected chi connectivity index (χ3v) is 3.93. The number of aliphatic carboxylic acids is 1. The minimum atomic E-state index is -0.978. The zero-order valence-electron chi connectivity index (χ0n) is 11.0. The standard InChI is InChI=1S/C13H16BrNO4/c1-13(2,3)15-9(16)6-7(12(17)18)10(15)11-8(14)4-5-19-11/h4-5,7,10H,6H2,1-3H3,(H,17,18). The largest absolute Gasteiger partial charge is 0.481 e. The molecule has 104 valence electrons. The Balaban J connectivity index is 2.51. The van der Waals surface area contributed by atoms with Gasteiger partial charge in [0.2, 0.25) is 5.91 Å². The number of rotatable bonds is 2. The minimum absolute atomic E-state index is 0.00438. The van der Waals surface area contributed by atoms with Crippen LogP contribution in [0.25, 0.3) is 0 Å². The molecule has 0 aromatic carbocycles. The van der Waals surface area contributed by atoms with Crippen molar-refractivity contribution in [2.24, 2.45) is 5.92 Å². The number of furan rings is 1. The van der Waals surface area contributed by atoms with Gasteiger partial charge in [0.15, 0.2) is 0 Å². The third kappa shape index (κ3) is 2.41. The van der Waals surface area contributed by atoms with Crippen molar-refractivity contribution in [3.63, 3.8) is 0 Å². The molecule has 2 atom stereocenters. The van der Waals surface area contributed by atoms with Gasteiger partial charge in [-0.15, -0.1) is 0 Å². The molecule has 19 heavy (non-hydrogen) atoms. The maximum absolute atomic E-state index is 12.2. The molecule has 0 bridgehead atoms. The van der Waals surface area contributed by atoms with Crippen molar-refractivity contribution in [1.29, 1.82) is 0 Å².